The van der Waals surface area contributed by atoms with Crippen molar-refractivity contribution in [1.82, 2.24) is 40.4 Å². The van der Waals surface area contributed by atoms with Crippen molar-refractivity contribution in [3.05, 3.63) is 83.6 Å². The molecule has 0 unspecified atom stereocenters. The molecule has 2 saturated heterocycles. The van der Waals surface area contributed by atoms with E-state index >= 15 is 0 Å². The average molecular weight is 897 g/mol. The number of nitrogens with zero attached hydrogens (tertiary/aromatic N) is 4. The smallest absolute Gasteiger partial charge is 0.407 e. The molecular weight excluding hydrogens is 833 g/mol. The molecule has 4 N–H and O–H groups in total. The van der Waals surface area contributed by atoms with Crippen LogP contribution < -0.4 is 10.6 Å². The molecule has 14 nitrogen and oxygen atoms in total. The second-order valence-electron chi connectivity index (χ2n) is 20.1. The number of aromatic nitrogens is 4. The number of methoxy groups -OCH3 is 2. The number of carbonyl (C=O) groups is 4. The molecule has 0 radical (unpaired) electrons. The minimum atomic E-state index is -0.700. The highest BCUT2D eigenvalue weighted by atomic mass is 16.5. The molecule has 14 heteroatoms. The molecule has 2 aromatic heterocycles. The first kappa shape index (κ1) is 45.0. The van der Waals surface area contributed by atoms with Gasteiger partial charge in [-0.3, -0.25) is 9.59 Å². The van der Waals surface area contributed by atoms with Crippen molar-refractivity contribution < 1.29 is 28.7 Å². The highest BCUT2D eigenvalue weighted by Gasteiger charge is 2.42. The molecular formula is C52H64N8O6. The molecule has 6 atom stereocenters. The minimum absolute atomic E-state index is 0.113. The Morgan fingerprint density at radius 2 is 1.14 bits per heavy atom. The molecule has 3 fully saturated rings. The zero-order valence-electron chi connectivity index (χ0n) is 39.4. The van der Waals surface area contributed by atoms with Crippen LogP contribution in [0.1, 0.15) is 127 Å². The van der Waals surface area contributed by atoms with E-state index < -0.39 is 24.3 Å². The molecule has 66 heavy (non-hydrogen) atoms. The van der Waals surface area contributed by atoms with Crippen molar-refractivity contribution in [3.8, 4) is 33.5 Å². The second kappa shape index (κ2) is 18.2. The first-order valence-electron chi connectivity index (χ1n) is 23.8. The third kappa shape index (κ3) is 8.43. The Kier molecular flexibility index (Phi) is 12.4. The number of fused-ring (bicyclic) bond motifs is 3. The Morgan fingerprint density at radius 3 is 1.65 bits per heavy atom. The number of likely N-dealkylation sites (tertiary alicyclic amines) is 2. The number of imidazole rings is 2. The fraction of sp³-hybridized carbons (Fsp3) is 0.500. The van der Waals surface area contributed by atoms with Gasteiger partial charge in [0.15, 0.2) is 0 Å². The minimum Gasteiger partial charge on any atom is -0.453 e. The quantitative estimate of drug-likeness (QED) is 0.101. The number of nitrogens with one attached hydrogen (secondary N) is 4. The van der Waals surface area contributed by atoms with Crippen molar-refractivity contribution in [3.63, 3.8) is 0 Å². The Labute approximate surface area is 387 Å². The van der Waals surface area contributed by atoms with Gasteiger partial charge >= 0.3 is 12.2 Å². The normalized spacial score (nSPS) is 23.3. The number of H-pyrrole nitrogens is 2. The van der Waals surface area contributed by atoms with Gasteiger partial charge < -0.3 is 39.9 Å². The number of benzene rings is 3. The SMILES string of the molecule is COC(=O)N[C@H](C(=O)N1C[C@@H](C)C[C@H]1c1ncc(-c2ccc(-c3ccc(-c4ccc5nc([C@@H]6C[C@H](C)CN6C(=O)[C@@H](NC(=O)OC)C(C)C)[nH]c5c4)c4c3C3CCC4CC3)cc2)[nH]1)C(C)C. The summed E-state index contributed by atoms with van der Waals surface area (Å²) in [5, 5.41) is 5.50. The van der Waals surface area contributed by atoms with Crippen LogP contribution in [-0.2, 0) is 19.1 Å². The monoisotopic (exact) mass is 896 g/mol. The van der Waals surface area contributed by atoms with Gasteiger partial charge in [-0.05, 0) is 125 Å². The van der Waals surface area contributed by atoms with Crippen LogP contribution in [0, 0.1) is 23.7 Å². The Bertz CT molecular complexity index is 2630. The molecule has 5 aromatic rings. The number of rotatable bonds is 11. The van der Waals surface area contributed by atoms with Gasteiger partial charge in [-0.15, -0.1) is 0 Å². The van der Waals surface area contributed by atoms with Gasteiger partial charge in [-0.25, -0.2) is 19.6 Å². The molecule has 348 valence electrons. The number of alkyl carbamates (subject to hydrolysis) is 2. The lowest BCUT2D eigenvalue weighted by molar-refractivity contribution is -0.136. The maximum atomic E-state index is 14.0. The number of carbonyl (C=O) groups excluding carboxylic acids is 4. The molecule has 3 aromatic carbocycles. The van der Waals surface area contributed by atoms with Gasteiger partial charge in [0.25, 0.3) is 0 Å². The molecule has 2 aliphatic heterocycles. The summed E-state index contributed by atoms with van der Waals surface area (Å²) in [6.07, 6.45) is 6.97. The standard InChI is InChI=1S/C52H64N8O6/c1-27(2)45(57-51(63)65-7)49(61)59-25-29(5)21-41(59)47-53-24-40(56-47)32-11-9-31(10-12-32)36-18-19-37(44-34-15-13-33(14-16-34)43(36)44)35-17-20-38-39(23-35)55-48(54-38)42-22-30(6)26-60(42)50(62)46(28(3)4)58-52(64)66-8/h9-12,17-20,23-24,27-30,33-34,41-42,45-46H,13-16,21-22,25-26H2,1-8H3,(H,53,56)(H,54,55)(H,57,63)(H,58,64)/t29-,30-,33?,34?,41-,42-,45-,46-/m0/s1. The maximum Gasteiger partial charge on any atom is 0.407 e. The third-order valence-electron chi connectivity index (χ3n) is 14.7. The van der Waals surface area contributed by atoms with Crippen LogP contribution in [0.2, 0.25) is 0 Å². The van der Waals surface area contributed by atoms with Crippen molar-refractivity contribution >= 4 is 35.0 Å². The summed E-state index contributed by atoms with van der Waals surface area (Å²) >= 11 is 0. The molecule has 1 saturated carbocycles. The van der Waals surface area contributed by atoms with E-state index in [1.54, 1.807) is 0 Å². The van der Waals surface area contributed by atoms with E-state index in [2.05, 4.69) is 89.0 Å². The highest BCUT2D eigenvalue weighted by molar-refractivity contribution is 5.89. The fourth-order valence-electron chi connectivity index (χ4n) is 11.4. The number of hydrogen-bond acceptors (Lipinski definition) is 8. The molecule has 2 bridgehead atoms. The van der Waals surface area contributed by atoms with Crippen LogP contribution in [0.3, 0.4) is 0 Å². The maximum absolute atomic E-state index is 14.0. The Hall–Kier alpha value is -6.18. The Balaban J connectivity index is 0.973. The number of amides is 4. The fourth-order valence-corrected chi connectivity index (χ4v) is 11.4. The predicted molar refractivity (Wildman–Crippen MR) is 253 cm³/mol. The summed E-state index contributed by atoms with van der Waals surface area (Å²) in [5.41, 5.74) is 11.6. The van der Waals surface area contributed by atoms with Gasteiger partial charge in [0.1, 0.15) is 23.7 Å². The zero-order valence-corrected chi connectivity index (χ0v) is 39.4. The van der Waals surface area contributed by atoms with Gasteiger partial charge in [-0.2, -0.15) is 0 Å². The summed E-state index contributed by atoms with van der Waals surface area (Å²) in [4.78, 5) is 72.9. The third-order valence-corrected chi connectivity index (χ3v) is 14.7. The van der Waals surface area contributed by atoms with Crippen LogP contribution in [0.15, 0.2) is 60.8 Å². The van der Waals surface area contributed by atoms with E-state index in [-0.39, 0.29) is 47.6 Å². The summed E-state index contributed by atoms with van der Waals surface area (Å²) in [6.45, 7) is 13.2. The van der Waals surface area contributed by atoms with E-state index in [0.29, 0.717) is 24.9 Å². The zero-order chi connectivity index (χ0) is 46.6. The van der Waals surface area contributed by atoms with Crippen LogP contribution in [0.5, 0.6) is 0 Å². The molecule has 10 rings (SSSR count). The largest absolute Gasteiger partial charge is 0.453 e. The summed E-state index contributed by atoms with van der Waals surface area (Å²) in [6, 6.07) is 18.0. The van der Waals surface area contributed by atoms with Gasteiger partial charge in [-0.1, -0.05) is 84.0 Å². The van der Waals surface area contributed by atoms with E-state index in [0.717, 1.165) is 52.3 Å². The Morgan fingerprint density at radius 1 is 0.652 bits per heavy atom. The average Bonchev–Trinajstić information content (AvgIpc) is 4.15. The summed E-state index contributed by atoms with van der Waals surface area (Å²) in [5.74, 6) is 2.60. The first-order chi connectivity index (χ1) is 31.7. The summed E-state index contributed by atoms with van der Waals surface area (Å²) < 4.78 is 9.67. The second-order valence-corrected chi connectivity index (χ2v) is 20.1. The van der Waals surface area contributed by atoms with E-state index in [4.69, 9.17) is 19.4 Å². The number of hydrogen-bond donors (Lipinski definition) is 4. The molecule has 4 heterocycles. The molecule has 3 aliphatic carbocycles. The van der Waals surface area contributed by atoms with E-state index in [9.17, 15) is 19.2 Å². The lowest BCUT2D eigenvalue weighted by Gasteiger charge is -2.41. The first-order valence-corrected chi connectivity index (χ1v) is 23.8. The van der Waals surface area contributed by atoms with E-state index in [1.807, 2.05) is 43.7 Å². The lowest BCUT2D eigenvalue weighted by atomic mass is 9.63. The predicted octanol–water partition coefficient (Wildman–Crippen LogP) is 9.62. The highest BCUT2D eigenvalue weighted by Crippen LogP contribution is 2.55. The lowest BCUT2D eigenvalue weighted by Crippen LogP contribution is -2.51. The van der Waals surface area contributed by atoms with Gasteiger partial charge in [0.2, 0.25) is 11.8 Å². The van der Waals surface area contributed by atoms with Crippen LogP contribution in [-0.4, -0.2) is 93.1 Å². The van der Waals surface area contributed by atoms with Crippen molar-refractivity contribution in [2.24, 2.45) is 23.7 Å². The van der Waals surface area contributed by atoms with E-state index in [1.165, 1.54) is 67.7 Å². The van der Waals surface area contributed by atoms with Crippen LogP contribution in [0.4, 0.5) is 9.59 Å². The number of aromatic amines is 2. The topological polar surface area (TPSA) is 175 Å². The van der Waals surface area contributed by atoms with Gasteiger partial charge in [0, 0.05) is 13.1 Å². The van der Waals surface area contributed by atoms with Crippen LogP contribution in [0.25, 0.3) is 44.5 Å². The molecule has 0 spiro atoms. The number of ether oxygens (including phenoxy) is 2. The van der Waals surface area contributed by atoms with Gasteiger partial charge in [0.05, 0.1) is 49.2 Å². The molecule has 4 amide bonds. The van der Waals surface area contributed by atoms with Crippen LogP contribution >= 0.6 is 0 Å². The summed E-state index contributed by atoms with van der Waals surface area (Å²) in [7, 11) is 2.61. The van der Waals surface area contributed by atoms with Crippen molar-refractivity contribution in [2.45, 2.75) is 116 Å². The van der Waals surface area contributed by atoms with Crippen molar-refractivity contribution in [2.75, 3.05) is 27.3 Å². The molecule has 5 aliphatic rings. The van der Waals surface area contributed by atoms with Crippen molar-refractivity contribution in [1.29, 1.82) is 0 Å².